The summed E-state index contributed by atoms with van der Waals surface area (Å²) in [5.41, 5.74) is 2.13. The first-order valence-electron chi connectivity index (χ1n) is 9.77. The summed E-state index contributed by atoms with van der Waals surface area (Å²) in [6.07, 6.45) is 1.61. The number of anilines is 2. The van der Waals surface area contributed by atoms with Gasteiger partial charge in [-0.15, -0.1) is 0 Å². The third-order valence-corrected chi connectivity index (χ3v) is 5.32. The van der Waals surface area contributed by atoms with Gasteiger partial charge in [0.05, 0.1) is 31.5 Å². The van der Waals surface area contributed by atoms with E-state index in [1.54, 1.807) is 0 Å². The zero-order valence-corrected chi connectivity index (χ0v) is 17.2. The van der Waals surface area contributed by atoms with Gasteiger partial charge < -0.3 is 19.4 Å². The van der Waals surface area contributed by atoms with E-state index >= 15 is 0 Å². The number of nitrogens with zero attached hydrogens (tertiary/aromatic N) is 6. The molecule has 0 radical (unpaired) electrons. The summed E-state index contributed by atoms with van der Waals surface area (Å²) >= 11 is 0. The molecule has 0 aliphatic carbocycles. The van der Waals surface area contributed by atoms with Gasteiger partial charge in [0.15, 0.2) is 0 Å². The molecule has 2 aliphatic rings. The van der Waals surface area contributed by atoms with Gasteiger partial charge in [-0.05, 0) is 12.8 Å². The highest BCUT2D eigenvalue weighted by Gasteiger charge is 2.33. The molecule has 1 atom stereocenters. The van der Waals surface area contributed by atoms with Gasteiger partial charge in [0.2, 0.25) is 11.9 Å². The maximum atomic E-state index is 13.3. The van der Waals surface area contributed by atoms with E-state index < -0.39 is 0 Å². The van der Waals surface area contributed by atoms with Crippen molar-refractivity contribution < 1.29 is 9.53 Å². The van der Waals surface area contributed by atoms with E-state index in [1.165, 1.54) is 0 Å². The van der Waals surface area contributed by atoms with E-state index in [0.717, 1.165) is 49.6 Å². The first kappa shape index (κ1) is 19.8. The summed E-state index contributed by atoms with van der Waals surface area (Å²) in [6.45, 7) is 6.43. The highest BCUT2D eigenvalue weighted by molar-refractivity contribution is 5.82. The van der Waals surface area contributed by atoms with Gasteiger partial charge >= 0.3 is 0 Å². The standard InChI is InChI=1S/C19H32N6O2/c1-6-16(24-9-11-27-12-10-24)18(26)25-8-7-14-15(13-25)20-19(23(4)5)21-17(14)22(2)3/h16H,6-13H2,1-5H3/t16-/m0/s1. The third-order valence-electron chi connectivity index (χ3n) is 5.32. The average molecular weight is 377 g/mol. The lowest BCUT2D eigenvalue weighted by atomic mass is 10.0. The van der Waals surface area contributed by atoms with Crippen molar-refractivity contribution >= 4 is 17.7 Å². The van der Waals surface area contributed by atoms with Crippen LogP contribution in [0.1, 0.15) is 24.6 Å². The van der Waals surface area contributed by atoms with Crippen LogP contribution in [0.5, 0.6) is 0 Å². The smallest absolute Gasteiger partial charge is 0.240 e. The normalized spacial score (nSPS) is 18.8. The van der Waals surface area contributed by atoms with E-state index in [-0.39, 0.29) is 11.9 Å². The molecular formula is C19H32N6O2. The Morgan fingerprint density at radius 2 is 1.81 bits per heavy atom. The molecule has 150 valence electrons. The second-order valence-corrected chi connectivity index (χ2v) is 7.64. The Balaban J connectivity index is 1.83. The predicted molar refractivity (Wildman–Crippen MR) is 106 cm³/mol. The molecule has 1 fully saturated rings. The third kappa shape index (κ3) is 4.16. The molecule has 3 rings (SSSR count). The fourth-order valence-corrected chi connectivity index (χ4v) is 3.84. The second kappa shape index (κ2) is 8.39. The minimum atomic E-state index is -0.0704. The van der Waals surface area contributed by atoms with E-state index in [4.69, 9.17) is 14.7 Å². The van der Waals surface area contributed by atoms with Gasteiger partial charge in [0.25, 0.3) is 0 Å². The Kier molecular flexibility index (Phi) is 6.16. The van der Waals surface area contributed by atoms with Crippen LogP contribution in [0.25, 0.3) is 0 Å². The zero-order chi connectivity index (χ0) is 19.6. The summed E-state index contributed by atoms with van der Waals surface area (Å²) in [4.78, 5) is 30.9. The minimum Gasteiger partial charge on any atom is -0.379 e. The Labute approximate surface area is 162 Å². The number of carbonyl (C=O) groups is 1. The second-order valence-electron chi connectivity index (χ2n) is 7.64. The van der Waals surface area contributed by atoms with Crippen molar-refractivity contribution in [3.63, 3.8) is 0 Å². The summed E-state index contributed by atoms with van der Waals surface area (Å²) in [6, 6.07) is -0.0704. The molecule has 1 aromatic heterocycles. The molecule has 2 aliphatic heterocycles. The molecule has 0 aromatic carbocycles. The van der Waals surface area contributed by atoms with Gasteiger partial charge in [-0.1, -0.05) is 6.92 Å². The Hall–Kier alpha value is -1.93. The Morgan fingerprint density at radius 1 is 1.11 bits per heavy atom. The van der Waals surface area contributed by atoms with E-state index in [9.17, 15) is 4.79 Å². The molecule has 1 aromatic rings. The lowest BCUT2D eigenvalue weighted by molar-refractivity contribution is -0.140. The van der Waals surface area contributed by atoms with Crippen LogP contribution in [-0.4, -0.2) is 92.8 Å². The van der Waals surface area contributed by atoms with Crippen LogP contribution in [0, 0.1) is 0 Å². The number of amides is 1. The van der Waals surface area contributed by atoms with Crippen LogP contribution in [0.3, 0.4) is 0 Å². The number of carbonyl (C=O) groups excluding carboxylic acids is 1. The highest BCUT2D eigenvalue weighted by Crippen LogP contribution is 2.28. The topological polar surface area (TPSA) is 65.0 Å². The number of fused-ring (bicyclic) bond motifs is 1. The number of rotatable bonds is 5. The number of ether oxygens (including phenoxy) is 1. The Bertz CT molecular complexity index is 672. The van der Waals surface area contributed by atoms with Gasteiger partial charge in [-0.3, -0.25) is 9.69 Å². The van der Waals surface area contributed by atoms with Crippen molar-refractivity contribution in [2.75, 3.05) is 70.8 Å². The molecule has 3 heterocycles. The monoisotopic (exact) mass is 376 g/mol. The van der Waals surface area contributed by atoms with Crippen molar-refractivity contribution in [3.05, 3.63) is 11.3 Å². The molecule has 0 N–H and O–H groups in total. The number of morpholine rings is 1. The van der Waals surface area contributed by atoms with Crippen LogP contribution in [0.2, 0.25) is 0 Å². The first-order chi connectivity index (χ1) is 12.9. The largest absolute Gasteiger partial charge is 0.379 e. The number of aromatic nitrogens is 2. The van der Waals surface area contributed by atoms with Crippen LogP contribution in [0.4, 0.5) is 11.8 Å². The van der Waals surface area contributed by atoms with Gasteiger partial charge in [-0.2, -0.15) is 4.98 Å². The maximum Gasteiger partial charge on any atom is 0.240 e. The fraction of sp³-hybridized carbons (Fsp3) is 0.737. The molecule has 1 saturated heterocycles. The highest BCUT2D eigenvalue weighted by atomic mass is 16.5. The van der Waals surface area contributed by atoms with Gasteiger partial charge in [0.1, 0.15) is 5.82 Å². The SMILES string of the molecule is CC[C@@H](C(=O)N1CCc2c(nc(N(C)C)nc2N(C)C)C1)N1CCOCC1. The van der Waals surface area contributed by atoms with Crippen molar-refractivity contribution in [1.29, 1.82) is 0 Å². The fourth-order valence-electron chi connectivity index (χ4n) is 3.84. The summed E-state index contributed by atoms with van der Waals surface area (Å²) in [5.74, 6) is 1.85. The quantitative estimate of drug-likeness (QED) is 0.746. The number of hydrogen-bond acceptors (Lipinski definition) is 7. The van der Waals surface area contributed by atoms with E-state index in [0.29, 0.717) is 25.7 Å². The van der Waals surface area contributed by atoms with Crippen LogP contribution < -0.4 is 9.80 Å². The summed E-state index contributed by atoms with van der Waals surface area (Å²) < 4.78 is 5.44. The lowest BCUT2D eigenvalue weighted by Gasteiger charge is -2.38. The molecule has 8 nitrogen and oxygen atoms in total. The van der Waals surface area contributed by atoms with Crippen molar-refractivity contribution in [1.82, 2.24) is 19.8 Å². The van der Waals surface area contributed by atoms with Gasteiger partial charge in [0, 0.05) is 53.4 Å². The lowest BCUT2D eigenvalue weighted by Crippen LogP contribution is -2.53. The maximum absolute atomic E-state index is 13.3. The summed E-state index contributed by atoms with van der Waals surface area (Å²) in [5, 5.41) is 0. The van der Waals surface area contributed by atoms with Crippen LogP contribution in [-0.2, 0) is 22.5 Å². The molecule has 0 bridgehead atoms. The van der Waals surface area contributed by atoms with E-state index in [2.05, 4.69) is 11.8 Å². The number of hydrogen-bond donors (Lipinski definition) is 0. The van der Waals surface area contributed by atoms with Crippen LogP contribution >= 0.6 is 0 Å². The van der Waals surface area contributed by atoms with Crippen molar-refractivity contribution in [2.45, 2.75) is 32.4 Å². The van der Waals surface area contributed by atoms with Crippen molar-refractivity contribution in [2.24, 2.45) is 0 Å². The van der Waals surface area contributed by atoms with Crippen LogP contribution in [0.15, 0.2) is 0 Å². The average Bonchev–Trinajstić information content (AvgIpc) is 2.67. The van der Waals surface area contributed by atoms with E-state index in [1.807, 2.05) is 42.9 Å². The molecular weight excluding hydrogens is 344 g/mol. The predicted octanol–water partition coefficient (Wildman–Crippen LogP) is 0.604. The Morgan fingerprint density at radius 3 is 2.41 bits per heavy atom. The first-order valence-corrected chi connectivity index (χ1v) is 9.77. The van der Waals surface area contributed by atoms with Gasteiger partial charge in [-0.25, -0.2) is 4.98 Å². The zero-order valence-electron chi connectivity index (χ0n) is 17.2. The molecule has 27 heavy (non-hydrogen) atoms. The molecule has 0 spiro atoms. The molecule has 1 amide bonds. The molecule has 0 saturated carbocycles. The molecule has 8 heteroatoms. The summed E-state index contributed by atoms with van der Waals surface area (Å²) in [7, 11) is 7.90. The minimum absolute atomic E-state index is 0.0704. The molecule has 0 unspecified atom stereocenters. The van der Waals surface area contributed by atoms with Crippen molar-refractivity contribution in [3.8, 4) is 0 Å².